The maximum atomic E-state index is 12.2. The first-order valence-corrected chi connectivity index (χ1v) is 6.36. The van der Waals surface area contributed by atoms with Gasteiger partial charge in [-0.25, -0.2) is 0 Å². The molecule has 0 bridgehead atoms. The number of hydrogen-bond donors (Lipinski definition) is 2. The van der Waals surface area contributed by atoms with Crippen molar-refractivity contribution in [3.8, 4) is 5.75 Å². The van der Waals surface area contributed by atoms with E-state index in [-0.39, 0.29) is 24.1 Å². The van der Waals surface area contributed by atoms with Gasteiger partial charge in [-0.05, 0) is 18.4 Å². The topological polar surface area (TPSA) is 66.6 Å². The largest absolute Gasteiger partial charge is 0.508 e. The average molecular weight is 248 g/mol. The van der Waals surface area contributed by atoms with Gasteiger partial charge in [0.25, 0.3) is 0 Å². The van der Waals surface area contributed by atoms with Gasteiger partial charge in [0.15, 0.2) is 0 Å². The molecule has 2 rings (SSSR count). The van der Waals surface area contributed by atoms with Crippen LogP contribution in [-0.2, 0) is 11.2 Å². The molecule has 4 nitrogen and oxygen atoms in total. The van der Waals surface area contributed by atoms with Crippen molar-refractivity contribution in [1.29, 1.82) is 0 Å². The van der Waals surface area contributed by atoms with Crippen molar-refractivity contribution in [1.82, 2.24) is 4.90 Å². The molecule has 2 unspecified atom stereocenters. The molecule has 98 valence electrons. The third-order valence-electron chi connectivity index (χ3n) is 3.38. The number of carbonyl (C=O) groups is 1. The van der Waals surface area contributed by atoms with Gasteiger partial charge in [-0.3, -0.25) is 4.79 Å². The third kappa shape index (κ3) is 3.01. The molecule has 4 heteroatoms. The Kier molecular flexibility index (Phi) is 3.87. The standard InChI is InChI=1S/C14H20N2O2/c1-10-6-12(15)9-16(8-10)14(18)7-11-4-2-3-5-13(11)17/h2-5,10,12,17H,6-9,15H2,1H3. The Morgan fingerprint density at radius 3 is 2.83 bits per heavy atom. The molecule has 1 heterocycles. The number of nitrogens with zero attached hydrogens (tertiary/aromatic N) is 1. The van der Waals surface area contributed by atoms with E-state index in [1.54, 1.807) is 18.2 Å². The van der Waals surface area contributed by atoms with Crippen molar-refractivity contribution in [2.45, 2.75) is 25.8 Å². The highest BCUT2D eigenvalue weighted by atomic mass is 16.3. The van der Waals surface area contributed by atoms with Gasteiger partial charge in [-0.1, -0.05) is 25.1 Å². The van der Waals surface area contributed by atoms with Crippen LogP contribution in [0.1, 0.15) is 18.9 Å². The molecule has 2 atom stereocenters. The van der Waals surface area contributed by atoms with Crippen LogP contribution in [0.25, 0.3) is 0 Å². The number of amides is 1. The van der Waals surface area contributed by atoms with Gasteiger partial charge in [0.05, 0.1) is 6.42 Å². The van der Waals surface area contributed by atoms with Gasteiger partial charge < -0.3 is 15.7 Å². The number of nitrogens with two attached hydrogens (primary N) is 1. The van der Waals surface area contributed by atoms with E-state index in [1.165, 1.54) is 0 Å². The maximum Gasteiger partial charge on any atom is 0.227 e. The Labute approximate surface area is 107 Å². The molecule has 1 aliphatic rings. The van der Waals surface area contributed by atoms with Crippen molar-refractivity contribution >= 4 is 5.91 Å². The SMILES string of the molecule is CC1CC(N)CN(C(=O)Cc2ccccc2O)C1. The number of para-hydroxylation sites is 1. The first-order valence-electron chi connectivity index (χ1n) is 6.36. The number of phenols is 1. The van der Waals surface area contributed by atoms with Crippen LogP contribution < -0.4 is 5.73 Å². The van der Waals surface area contributed by atoms with E-state index in [1.807, 2.05) is 11.0 Å². The molecular formula is C14H20N2O2. The van der Waals surface area contributed by atoms with Gasteiger partial charge in [-0.15, -0.1) is 0 Å². The molecular weight excluding hydrogens is 228 g/mol. The zero-order valence-electron chi connectivity index (χ0n) is 10.7. The Hall–Kier alpha value is -1.55. The second kappa shape index (κ2) is 5.40. The van der Waals surface area contributed by atoms with Crippen LogP contribution in [0.2, 0.25) is 0 Å². The molecule has 0 aromatic heterocycles. The molecule has 1 aliphatic heterocycles. The highest BCUT2D eigenvalue weighted by Crippen LogP contribution is 2.19. The van der Waals surface area contributed by atoms with E-state index in [4.69, 9.17) is 5.73 Å². The second-order valence-corrected chi connectivity index (χ2v) is 5.21. The summed E-state index contributed by atoms with van der Waals surface area (Å²) in [5.74, 6) is 0.667. The Bertz CT molecular complexity index is 424. The van der Waals surface area contributed by atoms with Gasteiger partial charge in [0, 0.05) is 24.7 Å². The minimum atomic E-state index is 0.0403. The normalized spacial score (nSPS) is 24.0. The molecule has 0 spiro atoms. The van der Waals surface area contributed by atoms with Crippen LogP contribution in [0.3, 0.4) is 0 Å². The maximum absolute atomic E-state index is 12.2. The summed E-state index contributed by atoms with van der Waals surface area (Å²) >= 11 is 0. The zero-order valence-corrected chi connectivity index (χ0v) is 10.7. The third-order valence-corrected chi connectivity index (χ3v) is 3.38. The lowest BCUT2D eigenvalue weighted by Gasteiger charge is -2.34. The number of phenolic OH excluding ortho intramolecular Hbond substituents is 1. The highest BCUT2D eigenvalue weighted by Gasteiger charge is 2.25. The molecule has 1 aromatic carbocycles. The minimum Gasteiger partial charge on any atom is -0.508 e. The fourth-order valence-corrected chi connectivity index (χ4v) is 2.54. The summed E-state index contributed by atoms with van der Waals surface area (Å²) in [4.78, 5) is 14.0. The van der Waals surface area contributed by atoms with Gasteiger partial charge >= 0.3 is 0 Å². The Morgan fingerprint density at radius 1 is 1.44 bits per heavy atom. The summed E-state index contributed by atoms with van der Waals surface area (Å²) in [5.41, 5.74) is 6.61. The van der Waals surface area contributed by atoms with E-state index >= 15 is 0 Å². The number of likely N-dealkylation sites (tertiary alicyclic amines) is 1. The molecule has 1 saturated heterocycles. The van der Waals surface area contributed by atoms with E-state index in [0.29, 0.717) is 18.0 Å². The number of rotatable bonds is 2. The highest BCUT2D eigenvalue weighted by molar-refractivity contribution is 5.79. The number of carbonyl (C=O) groups excluding carboxylic acids is 1. The van der Waals surface area contributed by atoms with Gasteiger partial charge in [-0.2, -0.15) is 0 Å². The Morgan fingerprint density at radius 2 is 2.17 bits per heavy atom. The van der Waals surface area contributed by atoms with E-state index in [0.717, 1.165) is 13.0 Å². The molecule has 0 radical (unpaired) electrons. The molecule has 1 amide bonds. The summed E-state index contributed by atoms with van der Waals surface area (Å²) in [7, 11) is 0. The predicted molar refractivity (Wildman–Crippen MR) is 70.1 cm³/mol. The summed E-state index contributed by atoms with van der Waals surface area (Å²) < 4.78 is 0. The van der Waals surface area contributed by atoms with Crippen molar-refractivity contribution in [2.24, 2.45) is 11.7 Å². The average Bonchev–Trinajstić information content (AvgIpc) is 2.31. The van der Waals surface area contributed by atoms with Crippen molar-refractivity contribution in [3.63, 3.8) is 0 Å². The summed E-state index contributed by atoms with van der Waals surface area (Å²) in [6.45, 7) is 3.50. The van der Waals surface area contributed by atoms with Crippen LogP contribution in [0.5, 0.6) is 5.75 Å². The van der Waals surface area contributed by atoms with Crippen LogP contribution in [0.4, 0.5) is 0 Å². The first kappa shape index (κ1) is 12.9. The van der Waals surface area contributed by atoms with E-state index < -0.39 is 0 Å². The number of piperidine rings is 1. The van der Waals surface area contributed by atoms with Crippen molar-refractivity contribution in [2.75, 3.05) is 13.1 Å². The molecule has 18 heavy (non-hydrogen) atoms. The summed E-state index contributed by atoms with van der Waals surface area (Å²) in [6.07, 6.45) is 1.21. The van der Waals surface area contributed by atoms with Crippen LogP contribution in [0.15, 0.2) is 24.3 Å². The number of benzene rings is 1. The van der Waals surface area contributed by atoms with Crippen LogP contribution in [0, 0.1) is 5.92 Å². The second-order valence-electron chi connectivity index (χ2n) is 5.21. The quantitative estimate of drug-likeness (QED) is 0.824. The molecule has 1 fully saturated rings. The predicted octanol–water partition coefficient (Wildman–Crippen LogP) is 1.13. The fraction of sp³-hybridized carbons (Fsp3) is 0.500. The lowest BCUT2D eigenvalue weighted by molar-refractivity contribution is -0.132. The van der Waals surface area contributed by atoms with E-state index in [9.17, 15) is 9.90 Å². The first-order chi connectivity index (χ1) is 8.56. The summed E-state index contributed by atoms with van der Waals surface area (Å²) in [5, 5.41) is 9.67. The Balaban J connectivity index is 2.02. The van der Waals surface area contributed by atoms with Gasteiger partial charge in [0.2, 0.25) is 5.91 Å². The van der Waals surface area contributed by atoms with Gasteiger partial charge in [0.1, 0.15) is 5.75 Å². The van der Waals surface area contributed by atoms with E-state index in [2.05, 4.69) is 6.92 Å². The monoisotopic (exact) mass is 248 g/mol. The molecule has 1 aromatic rings. The lowest BCUT2D eigenvalue weighted by atomic mass is 9.96. The zero-order chi connectivity index (χ0) is 13.1. The van der Waals surface area contributed by atoms with Crippen molar-refractivity contribution < 1.29 is 9.90 Å². The lowest BCUT2D eigenvalue weighted by Crippen LogP contribution is -2.49. The van der Waals surface area contributed by atoms with Crippen LogP contribution >= 0.6 is 0 Å². The summed E-state index contributed by atoms with van der Waals surface area (Å²) in [6, 6.07) is 7.03. The smallest absolute Gasteiger partial charge is 0.227 e. The minimum absolute atomic E-state index is 0.0403. The van der Waals surface area contributed by atoms with Crippen LogP contribution in [-0.4, -0.2) is 35.0 Å². The number of aromatic hydroxyl groups is 1. The fourth-order valence-electron chi connectivity index (χ4n) is 2.54. The molecule has 3 N–H and O–H groups in total. The van der Waals surface area contributed by atoms with Crippen molar-refractivity contribution in [3.05, 3.63) is 29.8 Å². The molecule has 0 aliphatic carbocycles. The number of hydrogen-bond acceptors (Lipinski definition) is 3. The molecule has 0 saturated carbocycles.